The van der Waals surface area contributed by atoms with Gasteiger partial charge in [-0.15, -0.1) is 0 Å². The van der Waals surface area contributed by atoms with Crippen molar-refractivity contribution >= 4 is 27.5 Å². The number of amides is 2. The number of hydrazine groups is 1. The van der Waals surface area contributed by atoms with Crippen molar-refractivity contribution in [3.05, 3.63) is 83.9 Å². The molecule has 0 aromatic heterocycles. The Labute approximate surface area is 198 Å². The lowest BCUT2D eigenvalue weighted by Gasteiger charge is -2.12. The highest BCUT2D eigenvalue weighted by Crippen LogP contribution is 2.26. The minimum absolute atomic E-state index is 0.0192. The number of para-hydroxylation sites is 2. The van der Waals surface area contributed by atoms with Crippen molar-refractivity contribution in [1.82, 2.24) is 10.9 Å². The molecule has 10 heteroatoms. The van der Waals surface area contributed by atoms with Crippen LogP contribution in [-0.2, 0) is 14.8 Å². The van der Waals surface area contributed by atoms with Gasteiger partial charge >= 0.3 is 0 Å². The van der Waals surface area contributed by atoms with Crippen LogP contribution in [0.2, 0.25) is 0 Å². The first-order valence-electron chi connectivity index (χ1n) is 10.3. The Morgan fingerprint density at radius 1 is 0.912 bits per heavy atom. The van der Waals surface area contributed by atoms with E-state index in [-0.39, 0.29) is 29.2 Å². The predicted molar refractivity (Wildman–Crippen MR) is 127 cm³/mol. The number of benzene rings is 3. The molecule has 0 radical (unpaired) electrons. The molecular formula is C24H25N3O6S. The number of methoxy groups -OCH3 is 1. The molecular weight excluding hydrogens is 458 g/mol. The molecule has 178 valence electrons. The lowest BCUT2D eigenvalue weighted by Crippen LogP contribution is -2.42. The number of rotatable bonds is 9. The highest BCUT2D eigenvalue weighted by molar-refractivity contribution is 7.92. The van der Waals surface area contributed by atoms with Gasteiger partial charge < -0.3 is 9.47 Å². The summed E-state index contributed by atoms with van der Waals surface area (Å²) in [4.78, 5) is 24.3. The van der Waals surface area contributed by atoms with E-state index < -0.39 is 21.8 Å². The van der Waals surface area contributed by atoms with E-state index in [9.17, 15) is 18.0 Å². The van der Waals surface area contributed by atoms with Crippen molar-refractivity contribution < 1.29 is 27.5 Å². The molecule has 0 atom stereocenters. The number of carbonyl (C=O) groups excluding carboxylic acids is 2. The largest absolute Gasteiger partial charge is 0.495 e. The average molecular weight is 484 g/mol. The summed E-state index contributed by atoms with van der Waals surface area (Å²) in [5.74, 6) is -0.125. The maximum Gasteiger partial charge on any atom is 0.269 e. The normalized spacial score (nSPS) is 10.8. The summed E-state index contributed by atoms with van der Waals surface area (Å²) in [5, 5.41) is 0. The standard InChI is InChI=1S/C24H25N3O6S/c1-17-10-12-19(13-11-17)33-15-14-23(28)25-26-24(29)18-6-5-7-20(16-18)34(30,31)27-21-8-3-4-9-22(21)32-2/h3-13,16,27H,14-15H2,1-2H3,(H,25,28)(H,26,29). The number of hydrogen-bond donors (Lipinski definition) is 3. The van der Waals surface area contributed by atoms with Crippen molar-refractivity contribution in [2.45, 2.75) is 18.2 Å². The Hall–Kier alpha value is -4.05. The van der Waals surface area contributed by atoms with Crippen LogP contribution in [0.4, 0.5) is 5.69 Å². The molecule has 0 saturated carbocycles. The van der Waals surface area contributed by atoms with E-state index in [1.807, 2.05) is 19.1 Å². The first kappa shape index (κ1) is 24.6. The third-order valence-corrected chi connectivity index (χ3v) is 6.06. The number of aryl methyl sites for hydroxylation is 1. The smallest absolute Gasteiger partial charge is 0.269 e. The zero-order valence-corrected chi connectivity index (χ0v) is 19.5. The fraction of sp³-hybridized carbons (Fsp3) is 0.167. The van der Waals surface area contributed by atoms with Crippen molar-refractivity contribution in [3.63, 3.8) is 0 Å². The maximum atomic E-state index is 12.8. The van der Waals surface area contributed by atoms with Gasteiger partial charge in [0.1, 0.15) is 11.5 Å². The summed E-state index contributed by atoms with van der Waals surface area (Å²) in [5.41, 5.74) is 5.98. The van der Waals surface area contributed by atoms with Crippen LogP contribution in [0.25, 0.3) is 0 Å². The first-order chi connectivity index (χ1) is 16.3. The van der Waals surface area contributed by atoms with Gasteiger partial charge in [-0.1, -0.05) is 35.9 Å². The molecule has 0 unspecified atom stereocenters. The number of nitrogens with one attached hydrogen (secondary N) is 3. The van der Waals surface area contributed by atoms with Crippen molar-refractivity contribution in [3.8, 4) is 11.5 Å². The van der Waals surface area contributed by atoms with Crippen LogP contribution in [0.15, 0.2) is 77.7 Å². The van der Waals surface area contributed by atoms with E-state index in [1.165, 1.54) is 31.4 Å². The highest BCUT2D eigenvalue weighted by atomic mass is 32.2. The van der Waals surface area contributed by atoms with E-state index in [0.717, 1.165) is 5.56 Å². The van der Waals surface area contributed by atoms with E-state index in [4.69, 9.17) is 9.47 Å². The molecule has 3 aromatic carbocycles. The van der Waals surface area contributed by atoms with Crippen molar-refractivity contribution in [1.29, 1.82) is 0 Å². The molecule has 0 aliphatic carbocycles. The molecule has 3 N–H and O–H groups in total. The van der Waals surface area contributed by atoms with Crippen LogP contribution < -0.4 is 25.0 Å². The second kappa shape index (κ2) is 11.2. The average Bonchev–Trinajstić information content (AvgIpc) is 2.84. The van der Waals surface area contributed by atoms with Gasteiger partial charge in [-0.25, -0.2) is 8.42 Å². The Balaban J connectivity index is 1.55. The van der Waals surface area contributed by atoms with Crippen molar-refractivity contribution in [2.75, 3.05) is 18.4 Å². The lowest BCUT2D eigenvalue weighted by atomic mass is 10.2. The second-order valence-electron chi connectivity index (χ2n) is 7.25. The minimum Gasteiger partial charge on any atom is -0.495 e. The summed E-state index contributed by atoms with van der Waals surface area (Å²) in [6.45, 7) is 2.09. The molecule has 34 heavy (non-hydrogen) atoms. The van der Waals surface area contributed by atoms with Gasteiger partial charge in [0.05, 0.1) is 30.7 Å². The van der Waals surface area contributed by atoms with E-state index in [1.54, 1.807) is 36.4 Å². The molecule has 0 aliphatic rings. The number of ether oxygens (including phenoxy) is 2. The van der Waals surface area contributed by atoms with Crippen LogP contribution in [0, 0.1) is 6.92 Å². The molecule has 0 spiro atoms. The Morgan fingerprint density at radius 3 is 2.38 bits per heavy atom. The Kier molecular flexibility index (Phi) is 8.10. The molecule has 9 nitrogen and oxygen atoms in total. The maximum absolute atomic E-state index is 12.8. The summed E-state index contributed by atoms with van der Waals surface area (Å²) in [6.07, 6.45) is 0.0192. The summed E-state index contributed by atoms with van der Waals surface area (Å²) < 4.78 is 38.7. The lowest BCUT2D eigenvalue weighted by molar-refractivity contribution is -0.122. The number of hydrogen-bond acceptors (Lipinski definition) is 6. The second-order valence-corrected chi connectivity index (χ2v) is 8.93. The van der Waals surface area contributed by atoms with Gasteiger partial charge in [0.15, 0.2) is 0 Å². The van der Waals surface area contributed by atoms with Gasteiger partial charge in [0, 0.05) is 5.56 Å². The van der Waals surface area contributed by atoms with Crippen LogP contribution in [0.3, 0.4) is 0 Å². The zero-order valence-electron chi connectivity index (χ0n) is 18.7. The molecule has 2 amide bonds. The van der Waals surface area contributed by atoms with Gasteiger partial charge in [-0.3, -0.25) is 25.2 Å². The number of carbonyl (C=O) groups is 2. The molecule has 0 fully saturated rings. The van der Waals surface area contributed by atoms with Crippen LogP contribution >= 0.6 is 0 Å². The number of anilines is 1. The molecule has 3 rings (SSSR count). The molecule has 0 saturated heterocycles. The third-order valence-electron chi connectivity index (χ3n) is 4.69. The predicted octanol–water partition coefficient (Wildman–Crippen LogP) is 3.03. The molecule has 0 heterocycles. The topological polar surface area (TPSA) is 123 Å². The fourth-order valence-corrected chi connectivity index (χ4v) is 4.01. The third kappa shape index (κ3) is 6.72. The number of sulfonamides is 1. The van der Waals surface area contributed by atoms with Crippen LogP contribution in [0.1, 0.15) is 22.3 Å². The van der Waals surface area contributed by atoms with Gasteiger partial charge in [0.2, 0.25) is 5.91 Å². The van der Waals surface area contributed by atoms with E-state index in [2.05, 4.69) is 15.6 Å². The van der Waals surface area contributed by atoms with E-state index >= 15 is 0 Å². The highest BCUT2D eigenvalue weighted by Gasteiger charge is 2.18. The Bertz CT molecular complexity index is 1260. The monoisotopic (exact) mass is 483 g/mol. The minimum atomic E-state index is -3.99. The molecule has 0 aliphatic heterocycles. The van der Waals surface area contributed by atoms with Crippen LogP contribution in [-0.4, -0.2) is 33.9 Å². The van der Waals surface area contributed by atoms with Crippen molar-refractivity contribution in [2.24, 2.45) is 0 Å². The zero-order chi connectivity index (χ0) is 24.6. The van der Waals surface area contributed by atoms with Crippen LogP contribution in [0.5, 0.6) is 11.5 Å². The van der Waals surface area contributed by atoms with Gasteiger partial charge in [-0.2, -0.15) is 0 Å². The summed E-state index contributed by atoms with van der Waals surface area (Å²) >= 11 is 0. The summed E-state index contributed by atoms with van der Waals surface area (Å²) in [6, 6.07) is 19.4. The van der Waals surface area contributed by atoms with Gasteiger partial charge in [0.25, 0.3) is 15.9 Å². The van der Waals surface area contributed by atoms with Gasteiger partial charge in [-0.05, 0) is 49.4 Å². The SMILES string of the molecule is COc1ccccc1NS(=O)(=O)c1cccc(C(=O)NNC(=O)CCOc2ccc(C)cc2)c1. The molecule has 3 aromatic rings. The summed E-state index contributed by atoms with van der Waals surface area (Å²) in [7, 11) is -2.56. The van der Waals surface area contributed by atoms with E-state index in [0.29, 0.717) is 11.5 Å². The quantitative estimate of drug-likeness (QED) is 0.402. The molecule has 0 bridgehead atoms. The Morgan fingerprint density at radius 2 is 1.65 bits per heavy atom. The first-order valence-corrected chi connectivity index (χ1v) is 11.8. The fourth-order valence-electron chi connectivity index (χ4n) is 2.89.